The number of carboxylic acids is 1. The third-order valence-electron chi connectivity index (χ3n) is 3.28. The first-order chi connectivity index (χ1) is 7.43. The van der Waals surface area contributed by atoms with Gasteiger partial charge in [0.2, 0.25) is 5.91 Å². The molecule has 0 aliphatic rings. The number of hydrogen-bond donors (Lipinski definition) is 1. The number of carbonyl (C=O) groups excluding carboxylic acids is 1. The highest BCUT2D eigenvalue weighted by molar-refractivity contribution is 5.84. The number of carboxylic acid groups (broad SMARTS) is 1. The summed E-state index contributed by atoms with van der Waals surface area (Å²) in [6.07, 6.45) is 1.97. The molecule has 0 aromatic heterocycles. The van der Waals surface area contributed by atoms with Gasteiger partial charge in [-0.3, -0.25) is 9.59 Å². The van der Waals surface area contributed by atoms with Crippen LogP contribution < -0.4 is 0 Å². The van der Waals surface area contributed by atoms with Crippen molar-refractivity contribution >= 4 is 11.9 Å². The maximum absolute atomic E-state index is 11.8. The van der Waals surface area contributed by atoms with Crippen molar-refractivity contribution in [1.29, 1.82) is 0 Å². The molecule has 0 fully saturated rings. The number of nitrogens with zero attached hydrogens (tertiary/aromatic N) is 1. The molecule has 16 heavy (non-hydrogen) atoms. The Morgan fingerprint density at radius 1 is 1.19 bits per heavy atom. The average molecular weight is 229 g/mol. The zero-order valence-corrected chi connectivity index (χ0v) is 10.7. The van der Waals surface area contributed by atoms with Gasteiger partial charge < -0.3 is 10.0 Å². The fourth-order valence-corrected chi connectivity index (χ4v) is 1.76. The highest BCUT2D eigenvalue weighted by Gasteiger charge is 2.37. The lowest BCUT2D eigenvalue weighted by Gasteiger charge is -2.28. The molecule has 1 amide bonds. The van der Waals surface area contributed by atoms with Crippen molar-refractivity contribution in [2.75, 3.05) is 13.6 Å². The topological polar surface area (TPSA) is 57.6 Å². The quantitative estimate of drug-likeness (QED) is 0.727. The van der Waals surface area contributed by atoms with E-state index in [2.05, 4.69) is 0 Å². The molecule has 0 unspecified atom stereocenters. The summed E-state index contributed by atoms with van der Waals surface area (Å²) in [4.78, 5) is 24.7. The third kappa shape index (κ3) is 3.51. The van der Waals surface area contributed by atoms with E-state index in [1.54, 1.807) is 11.9 Å². The molecule has 0 aromatic carbocycles. The molecule has 0 aromatic rings. The zero-order valence-electron chi connectivity index (χ0n) is 10.7. The molecule has 0 heterocycles. The Hall–Kier alpha value is -1.06. The van der Waals surface area contributed by atoms with Crippen LogP contribution in [0.3, 0.4) is 0 Å². The second kappa shape index (κ2) is 6.51. The Morgan fingerprint density at radius 2 is 1.69 bits per heavy atom. The van der Waals surface area contributed by atoms with Crippen LogP contribution in [0.2, 0.25) is 0 Å². The number of carbonyl (C=O) groups is 2. The zero-order chi connectivity index (χ0) is 12.8. The van der Waals surface area contributed by atoms with Gasteiger partial charge in [-0.25, -0.2) is 0 Å². The minimum Gasteiger partial charge on any atom is -0.481 e. The van der Waals surface area contributed by atoms with Crippen molar-refractivity contribution in [2.24, 2.45) is 5.41 Å². The molecule has 0 bridgehead atoms. The van der Waals surface area contributed by atoms with Crippen molar-refractivity contribution in [3.05, 3.63) is 0 Å². The van der Waals surface area contributed by atoms with Crippen molar-refractivity contribution < 1.29 is 14.7 Å². The highest BCUT2D eigenvalue weighted by Crippen LogP contribution is 2.31. The van der Waals surface area contributed by atoms with Crippen LogP contribution >= 0.6 is 0 Å². The van der Waals surface area contributed by atoms with Gasteiger partial charge in [-0.1, -0.05) is 20.8 Å². The molecule has 0 saturated carbocycles. The van der Waals surface area contributed by atoms with E-state index >= 15 is 0 Å². The van der Waals surface area contributed by atoms with E-state index in [1.165, 1.54) is 0 Å². The first-order valence-electron chi connectivity index (χ1n) is 5.90. The Kier molecular flexibility index (Phi) is 6.08. The largest absolute Gasteiger partial charge is 0.481 e. The van der Waals surface area contributed by atoms with Gasteiger partial charge in [-0.05, 0) is 19.3 Å². The second-order valence-corrected chi connectivity index (χ2v) is 4.28. The smallest absolute Gasteiger partial charge is 0.310 e. The van der Waals surface area contributed by atoms with E-state index in [9.17, 15) is 14.7 Å². The van der Waals surface area contributed by atoms with Crippen LogP contribution in [0, 0.1) is 5.41 Å². The van der Waals surface area contributed by atoms with E-state index in [0.29, 0.717) is 19.4 Å². The van der Waals surface area contributed by atoms with Crippen LogP contribution in [0.1, 0.15) is 46.5 Å². The molecular formula is C12H23NO3. The van der Waals surface area contributed by atoms with E-state index in [0.717, 1.165) is 6.42 Å². The summed E-state index contributed by atoms with van der Waals surface area (Å²) in [6, 6.07) is 0. The number of aliphatic carboxylic acids is 1. The van der Waals surface area contributed by atoms with Gasteiger partial charge in [0, 0.05) is 20.0 Å². The van der Waals surface area contributed by atoms with Crippen LogP contribution in [0.4, 0.5) is 0 Å². The summed E-state index contributed by atoms with van der Waals surface area (Å²) in [6.45, 7) is 6.32. The SMILES string of the molecule is CCCN(C)C(=O)CC(CC)(CC)C(=O)O. The monoisotopic (exact) mass is 229 g/mol. The van der Waals surface area contributed by atoms with Gasteiger partial charge in [-0.15, -0.1) is 0 Å². The standard InChI is InChI=1S/C12H23NO3/c1-5-8-13(4)10(14)9-12(6-2,7-3)11(15)16/h5-9H2,1-4H3,(H,15,16). The molecule has 94 valence electrons. The third-order valence-corrected chi connectivity index (χ3v) is 3.28. The summed E-state index contributed by atoms with van der Waals surface area (Å²) < 4.78 is 0. The van der Waals surface area contributed by atoms with Crippen molar-refractivity contribution in [2.45, 2.75) is 46.5 Å². The van der Waals surface area contributed by atoms with Crippen LogP contribution in [0.5, 0.6) is 0 Å². The first-order valence-corrected chi connectivity index (χ1v) is 5.90. The average Bonchev–Trinajstić information content (AvgIpc) is 2.25. The van der Waals surface area contributed by atoms with E-state index in [-0.39, 0.29) is 12.3 Å². The molecular weight excluding hydrogens is 206 g/mol. The van der Waals surface area contributed by atoms with Gasteiger partial charge in [0.15, 0.2) is 0 Å². The normalized spacial score (nSPS) is 11.2. The lowest BCUT2D eigenvalue weighted by Crippen LogP contribution is -2.38. The van der Waals surface area contributed by atoms with Crippen LogP contribution in [0.25, 0.3) is 0 Å². The first kappa shape index (κ1) is 14.9. The summed E-state index contributed by atoms with van der Waals surface area (Å²) in [5.41, 5.74) is -0.890. The van der Waals surface area contributed by atoms with E-state index < -0.39 is 11.4 Å². The molecule has 0 atom stereocenters. The van der Waals surface area contributed by atoms with Crippen LogP contribution in [0.15, 0.2) is 0 Å². The molecule has 0 saturated heterocycles. The molecule has 1 N–H and O–H groups in total. The van der Waals surface area contributed by atoms with E-state index in [4.69, 9.17) is 0 Å². The number of rotatable bonds is 7. The molecule has 0 radical (unpaired) electrons. The summed E-state index contributed by atoms with van der Waals surface area (Å²) in [5, 5.41) is 9.21. The Labute approximate surface area is 97.6 Å². The number of amides is 1. The molecule has 0 aliphatic heterocycles. The van der Waals surface area contributed by atoms with Gasteiger partial charge >= 0.3 is 5.97 Å². The second-order valence-electron chi connectivity index (χ2n) is 4.28. The summed E-state index contributed by atoms with van der Waals surface area (Å²) >= 11 is 0. The predicted octanol–water partition coefficient (Wildman–Crippen LogP) is 2.14. The van der Waals surface area contributed by atoms with Crippen LogP contribution in [-0.4, -0.2) is 35.5 Å². The van der Waals surface area contributed by atoms with Crippen molar-refractivity contribution in [3.63, 3.8) is 0 Å². The molecule has 4 nitrogen and oxygen atoms in total. The fourth-order valence-electron chi connectivity index (χ4n) is 1.76. The lowest BCUT2D eigenvalue weighted by molar-refractivity contribution is -0.154. The molecule has 0 aliphatic carbocycles. The minimum atomic E-state index is -0.890. The number of hydrogen-bond acceptors (Lipinski definition) is 2. The summed E-state index contributed by atoms with van der Waals surface area (Å²) in [5.74, 6) is -0.941. The predicted molar refractivity (Wildman–Crippen MR) is 63.2 cm³/mol. The molecule has 4 heteroatoms. The van der Waals surface area contributed by atoms with Gasteiger partial charge in [0.1, 0.15) is 0 Å². The van der Waals surface area contributed by atoms with Gasteiger partial charge in [0.05, 0.1) is 5.41 Å². The molecule has 0 rings (SSSR count). The minimum absolute atomic E-state index is 0.0760. The lowest BCUT2D eigenvalue weighted by atomic mass is 9.79. The van der Waals surface area contributed by atoms with Crippen LogP contribution in [-0.2, 0) is 9.59 Å². The fraction of sp³-hybridized carbons (Fsp3) is 0.833. The van der Waals surface area contributed by atoms with E-state index in [1.807, 2.05) is 20.8 Å². The molecule has 0 spiro atoms. The Balaban J connectivity index is 4.64. The Morgan fingerprint density at radius 3 is 2.00 bits per heavy atom. The van der Waals surface area contributed by atoms with Crippen molar-refractivity contribution in [1.82, 2.24) is 4.90 Å². The Bertz CT molecular complexity index is 247. The maximum Gasteiger partial charge on any atom is 0.310 e. The van der Waals surface area contributed by atoms with Crippen molar-refractivity contribution in [3.8, 4) is 0 Å². The maximum atomic E-state index is 11.8. The highest BCUT2D eigenvalue weighted by atomic mass is 16.4. The van der Waals surface area contributed by atoms with Gasteiger partial charge in [-0.2, -0.15) is 0 Å². The summed E-state index contributed by atoms with van der Waals surface area (Å²) in [7, 11) is 1.73. The van der Waals surface area contributed by atoms with Gasteiger partial charge in [0.25, 0.3) is 0 Å².